The van der Waals surface area contributed by atoms with Crippen LogP contribution in [0.4, 0.5) is 11.4 Å². The summed E-state index contributed by atoms with van der Waals surface area (Å²) < 4.78 is 17.0. The molecule has 0 N–H and O–H groups in total. The Morgan fingerprint density at radius 2 is 0.782 bits per heavy atom. The average molecular weight is 1060 g/mol. The smallest absolute Gasteiger partial charge is 0.347 e. The summed E-state index contributed by atoms with van der Waals surface area (Å²) in [5, 5.41) is 3.17. The summed E-state index contributed by atoms with van der Waals surface area (Å²) >= 11 is 0. The summed E-state index contributed by atoms with van der Waals surface area (Å²) in [4.78, 5) is 43.6. The van der Waals surface area contributed by atoms with Crippen molar-refractivity contribution in [3.63, 3.8) is 0 Å². The topological polar surface area (TPSA) is 103 Å². The molecule has 0 saturated carbocycles. The molecule has 0 aliphatic carbocycles. The molecule has 0 bridgehead atoms. The molecule has 0 saturated heterocycles. The van der Waals surface area contributed by atoms with Crippen LogP contribution in [0, 0.1) is 23.7 Å². The Kier molecular flexibility index (Phi) is 21.3. The third-order valence-corrected chi connectivity index (χ3v) is 17.1. The molecule has 10 nitrogen and oxygen atoms in total. The number of unbranched alkanes of at least 4 members (excludes halogenated alkanes) is 5. The molecule has 0 aliphatic heterocycles. The Morgan fingerprint density at radius 3 is 1.12 bits per heavy atom. The molecule has 4 aromatic carbocycles. The molecular weight excluding hydrogens is 965 g/mol. The minimum Gasteiger partial charge on any atom is -0.401 e. The molecule has 78 heavy (non-hydrogen) atoms. The molecule has 0 amide bonds. The van der Waals surface area contributed by atoms with Crippen molar-refractivity contribution < 1.29 is 8.83 Å². The first-order chi connectivity index (χ1) is 38.1. The van der Waals surface area contributed by atoms with Crippen LogP contribution in [0.1, 0.15) is 171 Å². The second kappa shape index (κ2) is 28.6. The average Bonchev–Trinajstić information content (AvgIpc) is 4.19. The highest BCUT2D eigenvalue weighted by atomic mass is 16.4. The van der Waals surface area contributed by atoms with Crippen LogP contribution in [0.5, 0.6) is 0 Å². The second-order valence-electron chi connectivity index (χ2n) is 22.7. The van der Waals surface area contributed by atoms with E-state index in [1.807, 2.05) is 36.4 Å². The number of para-hydroxylation sites is 2. The predicted molar refractivity (Wildman–Crippen MR) is 329 cm³/mol. The number of fused-ring (bicyclic) bond motifs is 4. The van der Waals surface area contributed by atoms with E-state index in [-0.39, 0.29) is 11.3 Å². The summed E-state index contributed by atoms with van der Waals surface area (Å²) in [6, 6.07) is 33.3. The minimum atomic E-state index is -0.362. The van der Waals surface area contributed by atoms with Crippen LogP contribution in [0.3, 0.4) is 0 Å². The van der Waals surface area contributed by atoms with E-state index in [1.54, 1.807) is 0 Å². The molecule has 418 valence electrons. The van der Waals surface area contributed by atoms with Crippen LogP contribution in [0.15, 0.2) is 115 Å². The zero-order valence-corrected chi connectivity index (χ0v) is 48.8. The predicted octanol–water partition coefficient (Wildman–Crippen LogP) is 17.9. The lowest BCUT2D eigenvalue weighted by Gasteiger charge is -2.32. The van der Waals surface area contributed by atoms with Gasteiger partial charge in [0.15, 0.2) is 0 Å². The van der Waals surface area contributed by atoms with Crippen LogP contribution >= 0.6 is 0 Å². The van der Waals surface area contributed by atoms with Crippen molar-refractivity contribution in [1.29, 1.82) is 0 Å². The maximum Gasteiger partial charge on any atom is 0.347 e. The summed E-state index contributed by atoms with van der Waals surface area (Å²) in [6.07, 6.45) is 20.8. The lowest BCUT2D eigenvalue weighted by molar-refractivity contribution is 0.403. The van der Waals surface area contributed by atoms with Crippen molar-refractivity contribution >= 4 is 55.0 Å². The normalized spacial score (nSPS) is 13.5. The standard InChI is InChI=1S/C68H92N6O4/c1-9-17-27-49(13-5)45-71(46-50(14-6)28-18-10-2)55-35-37-59-57(43-55)67(75)77-65(69-59)63-41-53-31-21-23-33-61(53)73(63)39-25-26-40-74-62-34-24-22-32-54(62)42-64(74)66-70-60-38-36-56(44-58(60)68(76)78-66)72(47-51(15-7)29-19-11-3)48-52(16-8)30-20-12-4/h21-24,31-38,41-44,49-52H,9-20,25-30,39-40,45-48H2,1-8H3. The number of nitrogens with zero attached hydrogens (tertiary/aromatic N) is 6. The third-order valence-electron chi connectivity index (χ3n) is 17.1. The van der Waals surface area contributed by atoms with Gasteiger partial charge in [-0.3, -0.25) is 0 Å². The van der Waals surface area contributed by atoms with Crippen molar-refractivity contribution in [2.75, 3.05) is 36.0 Å². The highest BCUT2D eigenvalue weighted by molar-refractivity contribution is 5.89. The Bertz CT molecular complexity index is 3020. The Morgan fingerprint density at radius 1 is 0.436 bits per heavy atom. The monoisotopic (exact) mass is 1060 g/mol. The Hall–Kier alpha value is -6.16. The SMILES string of the molecule is CCCCC(CC)CN(CC(CC)CCCC)c1ccc2nc(-c3cc4ccccc4n3CCCCn3c(-c4nc5ccc(N(CC(CC)CCCC)CC(CC)CCCC)cc5c(=O)o4)cc4ccccc43)oc(=O)c2c1. The van der Waals surface area contributed by atoms with Crippen LogP contribution in [0.2, 0.25) is 0 Å². The van der Waals surface area contributed by atoms with Crippen molar-refractivity contribution in [2.24, 2.45) is 23.7 Å². The zero-order valence-electron chi connectivity index (χ0n) is 48.8. The first-order valence-corrected chi connectivity index (χ1v) is 30.7. The molecule has 10 heteroatoms. The molecule has 8 rings (SSSR count). The van der Waals surface area contributed by atoms with Gasteiger partial charge in [0.2, 0.25) is 11.8 Å². The maximum absolute atomic E-state index is 14.2. The van der Waals surface area contributed by atoms with Gasteiger partial charge in [-0.2, -0.15) is 0 Å². The van der Waals surface area contributed by atoms with E-state index in [0.29, 0.717) is 70.3 Å². The summed E-state index contributed by atoms with van der Waals surface area (Å²) in [7, 11) is 0. The van der Waals surface area contributed by atoms with E-state index >= 15 is 0 Å². The van der Waals surface area contributed by atoms with Crippen molar-refractivity contribution in [3.05, 3.63) is 118 Å². The fourth-order valence-electron chi connectivity index (χ4n) is 12.0. The Balaban J connectivity index is 1.04. The van der Waals surface area contributed by atoms with Crippen LogP contribution in [-0.2, 0) is 13.1 Å². The van der Waals surface area contributed by atoms with E-state index in [1.165, 1.54) is 77.0 Å². The van der Waals surface area contributed by atoms with Gasteiger partial charge in [-0.1, -0.05) is 169 Å². The van der Waals surface area contributed by atoms with E-state index < -0.39 is 0 Å². The molecule has 4 aromatic heterocycles. The van der Waals surface area contributed by atoms with E-state index in [9.17, 15) is 9.59 Å². The number of anilines is 2. The lowest BCUT2D eigenvalue weighted by atomic mass is 9.95. The Labute approximate surface area is 465 Å². The van der Waals surface area contributed by atoms with E-state index in [4.69, 9.17) is 18.8 Å². The highest BCUT2D eigenvalue weighted by Gasteiger charge is 2.24. The fraction of sp³-hybridized carbons (Fsp3) is 0.529. The molecule has 0 spiro atoms. The number of benzene rings is 4. The molecule has 0 radical (unpaired) electrons. The van der Waals surface area contributed by atoms with Crippen LogP contribution < -0.4 is 21.1 Å². The van der Waals surface area contributed by atoms with E-state index in [2.05, 4.69) is 135 Å². The van der Waals surface area contributed by atoms with Crippen molar-refractivity contribution in [1.82, 2.24) is 19.1 Å². The van der Waals surface area contributed by atoms with Gasteiger partial charge >= 0.3 is 11.3 Å². The summed E-state index contributed by atoms with van der Waals surface area (Å²) in [5.74, 6) is 3.05. The third kappa shape index (κ3) is 14.2. The molecule has 4 atom stereocenters. The van der Waals surface area contributed by atoms with Crippen LogP contribution in [-0.4, -0.2) is 45.3 Å². The van der Waals surface area contributed by atoms with Gasteiger partial charge in [0, 0.05) is 72.4 Å². The molecule has 8 aromatic rings. The van der Waals surface area contributed by atoms with Gasteiger partial charge < -0.3 is 27.8 Å². The molecule has 4 heterocycles. The van der Waals surface area contributed by atoms with Crippen LogP contribution in [0.25, 0.3) is 66.8 Å². The molecule has 4 unspecified atom stereocenters. The quantitative estimate of drug-likeness (QED) is 0.0375. The number of rotatable bonds is 33. The van der Waals surface area contributed by atoms with Gasteiger partial charge in [0.25, 0.3) is 0 Å². The summed E-state index contributed by atoms with van der Waals surface area (Å²) in [6.45, 7) is 23.6. The molecular formula is C68H92N6O4. The fourth-order valence-corrected chi connectivity index (χ4v) is 12.0. The first-order valence-electron chi connectivity index (χ1n) is 30.7. The van der Waals surface area contributed by atoms with Gasteiger partial charge in [0.05, 0.1) is 21.8 Å². The largest absolute Gasteiger partial charge is 0.401 e. The summed E-state index contributed by atoms with van der Waals surface area (Å²) in [5.41, 5.74) is 6.42. The van der Waals surface area contributed by atoms with E-state index in [0.717, 1.165) is 109 Å². The molecule has 0 aliphatic rings. The zero-order chi connectivity index (χ0) is 55.0. The number of hydrogen-bond donors (Lipinski definition) is 0. The van der Waals surface area contributed by atoms with Gasteiger partial charge in [-0.05, 0) is 123 Å². The van der Waals surface area contributed by atoms with Gasteiger partial charge in [-0.25, -0.2) is 19.6 Å². The highest BCUT2D eigenvalue weighted by Crippen LogP contribution is 2.34. The van der Waals surface area contributed by atoms with Gasteiger partial charge in [0.1, 0.15) is 11.4 Å². The van der Waals surface area contributed by atoms with Crippen molar-refractivity contribution in [3.8, 4) is 23.2 Å². The molecule has 0 fully saturated rings. The lowest BCUT2D eigenvalue weighted by Crippen LogP contribution is -2.34. The first kappa shape index (κ1) is 58.0. The van der Waals surface area contributed by atoms with Gasteiger partial charge in [-0.15, -0.1) is 0 Å². The number of aryl methyl sites for hydroxylation is 2. The maximum atomic E-state index is 14.2. The number of hydrogen-bond acceptors (Lipinski definition) is 8. The van der Waals surface area contributed by atoms with Crippen molar-refractivity contribution in [2.45, 2.75) is 184 Å². The minimum absolute atomic E-state index is 0.328. The second-order valence-corrected chi connectivity index (χ2v) is 22.7. The number of aromatic nitrogens is 4.